The van der Waals surface area contributed by atoms with Gasteiger partial charge in [0.2, 0.25) is 0 Å². The zero-order chi connectivity index (χ0) is 22.9. The number of Topliss-reactive ketones (excluding diaryl/α,β-unsaturated/α-hetero) is 1. The molecule has 0 saturated carbocycles. The number of hydrogen-bond acceptors (Lipinski definition) is 3. The molecule has 0 aromatic heterocycles. The Morgan fingerprint density at radius 2 is 1.15 bits per heavy atom. The van der Waals surface area contributed by atoms with Crippen LogP contribution in [0.3, 0.4) is 0 Å². The van der Waals surface area contributed by atoms with Crippen molar-refractivity contribution < 1.29 is 9.59 Å². The largest absolute Gasteiger partial charge is 0.293 e. The summed E-state index contributed by atoms with van der Waals surface area (Å²) < 4.78 is 0. The smallest absolute Gasteiger partial charge is 0.273 e. The molecular weight excluding hydrogens is 408 g/mol. The maximum Gasteiger partial charge on any atom is 0.273 e. The Hall–Kier alpha value is -4.31. The standard InChI is InChI=1S/C29H24N2O2/c32-28(25-17-9-3-10-18-25)27(24-15-7-2-8-16-24)22-31(29(33)26-19-11-4-12-20-26)30-21-23-13-5-1-6-14-23/h1-21,27H,22H2/b30-21-. The number of rotatable bonds is 8. The number of carbonyl (C=O) groups is 2. The number of amides is 1. The van der Waals surface area contributed by atoms with Crippen molar-refractivity contribution in [1.29, 1.82) is 0 Å². The van der Waals surface area contributed by atoms with E-state index in [0.29, 0.717) is 11.1 Å². The first-order chi connectivity index (χ1) is 16.2. The summed E-state index contributed by atoms with van der Waals surface area (Å²) in [4.78, 5) is 26.9. The fourth-order valence-electron chi connectivity index (χ4n) is 3.59. The lowest BCUT2D eigenvalue weighted by atomic mass is 9.90. The average Bonchev–Trinajstić information content (AvgIpc) is 2.90. The first-order valence-electron chi connectivity index (χ1n) is 10.8. The Morgan fingerprint density at radius 3 is 1.73 bits per heavy atom. The Balaban J connectivity index is 1.71. The molecule has 0 N–H and O–H groups in total. The summed E-state index contributed by atoms with van der Waals surface area (Å²) in [5, 5.41) is 5.91. The SMILES string of the molecule is O=C(c1ccccc1)C(CN(/N=C\c1ccccc1)C(=O)c1ccccc1)c1ccccc1. The monoisotopic (exact) mass is 432 g/mol. The summed E-state index contributed by atoms with van der Waals surface area (Å²) >= 11 is 0. The van der Waals surface area contributed by atoms with Gasteiger partial charge in [0.05, 0.1) is 18.7 Å². The summed E-state index contributed by atoms with van der Waals surface area (Å²) in [6.45, 7) is 0.120. The molecule has 4 rings (SSSR count). The van der Waals surface area contributed by atoms with Crippen molar-refractivity contribution in [2.75, 3.05) is 6.54 Å². The minimum atomic E-state index is -0.561. The molecule has 4 aromatic carbocycles. The molecular formula is C29H24N2O2. The average molecular weight is 433 g/mol. The van der Waals surface area contributed by atoms with Crippen molar-refractivity contribution in [3.05, 3.63) is 144 Å². The molecule has 0 heterocycles. The zero-order valence-electron chi connectivity index (χ0n) is 18.1. The third kappa shape index (κ3) is 5.69. The van der Waals surface area contributed by atoms with Crippen LogP contribution >= 0.6 is 0 Å². The maximum atomic E-state index is 13.5. The van der Waals surface area contributed by atoms with Crippen molar-refractivity contribution >= 4 is 17.9 Å². The molecule has 162 valence electrons. The molecule has 0 saturated heterocycles. The quantitative estimate of drug-likeness (QED) is 0.200. The van der Waals surface area contributed by atoms with Crippen LogP contribution < -0.4 is 0 Å². The van der Waals surface area contributed by atoms with Gasteiger partial charge in [-0.15, -0.1) is 0 Å². The number of hydrazone groups is 1. The van der Waals surface area contributed by atoms with E-state index < -0.39 is 5.92 Å². The minimum absolute atomic E-state index is 0.0532. The predicted octanol–water partition coefficient (Wildman–Crippen LogP) is 5.83. The van der Waals surface area contributed by atoms with E-state index in [1.165, 1.54) is 5.01 Å². The van der Waals surface area contributed by atoms with Crippen molar-refractivity contribution in [1.82, 2.24) is 5.01 Å². The van der Waals surface area contributed by atoms with E-state index in [9.17, 15) is 9.59 Å². The normalized spacial score (nSPS) is 11.8. The Kier molecular flexibility index (Phi) is 7.18. The van der Waals surface area contributed by atoms with Crippen LogP contribution in [0.2, 0.25) is 0 Å². The first kappa shape index (κ1) is 21.9. The van der Waals surface area contributed by atoms with Crippen LogP contribution in [0, 0.1) is 0 Å². The van der Waals surface area contributed by atoms with Crippen molar-refractivity contribution in [3.8, 4) is 0 Å². The second-order valence-electron chi connectivity index (χ2n) is 7.60. The maximum absolute atomic E-state index is 13.5. The number of carbonyl (C=O) groups excluding carboxylic acids is 2. The fraction of sp³-hybridized carbons (Fsp3) is 0.0690. The predicted molar refractivity (Wildman–Crippen MR) is 131 cm³/mol. The fourth-order valence-corrected chi connectivity index (χ4v) is 3.59. The second kappa shape index (κ2) is 10.8. The van der Waals surface area contributed by atoms with E-state index in [1.807, 2.05) is 97.1 Å². The van der Waals surface area contributed by atoms with E-state index in [0.717, 1.165) is 11.1 Å². The lowest BCUT2D eigenvalue weighted by Crippen LogP contribution is -2.33. The molecule has 4 aromatic rings. The van der Waals surface area contributed by atoms with Crippen LogP contribution in [-0.2, 0) is 0 Å². The van der Waals surface area contributed by atoms with Crippen molar-refractivity contribution in [3.63, 3.8) is 0 Å². The molecule has 0 radical (unpaired) electrons. The highest BCUT2D eigenvalue weighted by Gasteiger charge is 2.27. The molecule has 33 heavy (non-hydrogen) atoms. The third-order valence-corrected chi connectivity index (χ3v) is 5.33. The molecule has 1 atom stereocenters. The van der Waals surface area contributed by atoms with Gasteiger partial charge in [-0.3, -0.25) is 9.59 Å². The van der Waals surface area contributed by atoms with E-state index in [1.54, 1.807) is 30.5 Å². The van der Waals surface area contributed by atoms with E-state index in [4.69, 9.17) is 0 Å². The highest BCUT2D eigenvalue weighted by atomic mass is 16.2. The van der Waals surface area contributed by atoms with Crippen LogP contribution in [-0.4, -0.2) is 29.5 Å². The Morgan fingerprint density at radius 1 is 0.667 bits per heavy atom. The van der Waals surface area contributed by atoms with Crippen LogP contribution in [0.4, 0.5) is 0 Å². The lowest BCUT2D eigenvalue weighted by molar-refractivity contribution is 0.0736. The molecule has 1 amide bonds. The van der Waals surface area contributed by atoms with Crippen molar-refractivity contribution in [2.45, 2.75) is 5.92 Å². The number of benzene rings is 4. The van der Waals surface area contributed by atoms with Gasteiger partial charge in [0, 0.05) is 11.1 Å². The number of hydrogen-bond donors (Lipinski definition) is 0. The number of ketones is 1. The Bertz CT molecular complexity index is 1210. The van der Waals surface area contributed by atoms with Crippen LogP contribution in [0.15, 0.2) is 126 Å². The highest BCUT2D eigenvalue weighted by Crippen LogP contribution is 2.23. The first-order valence-corrected chi connectivity index (χ1v) is 10.8. The molecule has 0 spiro atoms. The van der Waals surface area contributed by atoms with Gasteiger partial charge in [-0.05, 0) is 23.3 Å². The Labute approximate surface area is 193 Å². The van der Waals surface area contributed by atoms with Gasteiger partial charge in [-0.25, -0.2) is 5.01 Å². The summed E-state index contributed by atoms with van der Waals surface area (Å²) in [7, 11) is 0. The van der Waals surface area contributed by atoms with Gasteiger partial charge < -0.3 is 0 Å². The van der Waals surface area contributed by atoms with Crippen LogP contribution in [0.1, 0.15) is 37.8 Å². The summed E-state index contributed by atoms with van der Waals surface area (Å²) in [6.07, 6.45) is 1.65. The van der Waals surface area contributed by atoms with Gasteiger partial charge in [-0.1, -0.05) is 109 Å². The zero-order valence-corrected chi connectivity index (χ0v) is 18.1. The third-order valence-electron chi connectivity index (χ3n) is 5.33. The molecule has 0 aliphatic heterocycles. The minimum Gasteiger partial charge on any atom is -0.293 e. The molecule has 4 nitrogen and oxygen atoms in total. The molecule has 4 heteroatoms. The lowest BCUT2D eigenvalue weighted by Gasteiger charge is -2.24. The topological polar surface area (TPSA) is 49.7 Å². The summed E-state index contributed by atoms with van der Waals surface area (Å²) in [5.74, 6) is -0.874. The summed E-state index contributed by atoms with van der Waals surface area (Å²) in [6, 6.07) is 37.3. The molecule has 0 aliphatic carbocycles. The highest BCUT2D eigenvalue weighted by molar-refractivity contribution is 6.02. The van der Waals surface area contributed by atoms with Gasteiger partial charge in [0.15, 0.2) is 5.78 Å². The van der Waals surface area contributed by atoms with Gasteiger partial charge in [0.25, 0.3) is 5.91 Å². The van der Waals surface area contributed by atoms with E-state index in [-0.39, 0.29) is 18.2 Å². The van der Waals surface area contributed by atoms with Gasteiger partial charge in [0.1, 0.15) is 0 Å². The molecule has 1 unspecified atom stereocenters. The van der Waals surface area contributed by atoms with E-state index in [2.05, 4.69) is 5.10 Å². The number of nitrogens with zero attached hydrogens (tertiary/aromatic N) is 2. The molecule has 0 bridgehead atoms. The second-order valence-corrected chi connectivity index (χ2v) is 7.60. The van der Waals surface area contributed by atoms with Crippen LogP contribution in [0.5, 0.6) is 0 Å². The van der Waals surface area contributed by atoms with E-state index >= 15 is 0 Å². The molecule has 0 fully saturated rings. The van der Waals surface area contributed by atoms with Crippen LogP contribution in [0.25, 0.3) is 0 Å². The van der Waals surface area contributed by atoms with Crippen molar-refractivity contribution in [2.24, 2.45) is 5.10 Å². The van der Waals surface area contributed by atoms with Gasteiger partial charge >= 0.3 is 0 Å². The molecule has 0 aliphatic rings. The summed E-state index contributed by atoms with van der Waals surface area (Å²) in [5.41, 5.74) is 2.83. The van der Waals surface area contributed by atoms with Gasteiger partial charge in [-0.2, -0.15) is 5.10 Å².